The van der Waals surface area contributed by atoms with E-state index in [2.05, 4.69) is 21.1 Å². The van der Waals surface area contributed by atoms with E-state index in [1.807, 2.05) is 0 Å². The largest absolute Gasteiger partial charge is 0.478 e. The summed E-state index contributed by atoms with van der Waals surface area (Å²) in [5.74, 6) is -1.57. The van der Waals surface area contributed by atoms with Crippen LogP contribution >= 0.6 is 15.9 Å². The fraction of sp³-hybridized carbons (Fsp3) is 0.273. The summed E-state index contributed by atoms with van der Waals surface area (Å²) in [6, 6.07) is 4.40. The van der Waals surface area contributed by atoms with E-state index >= 15 is 0 Å². The fourth-order valence-electron chi connectivity index (χ4n) is 1.52. The maximum absolute atomic E-state index is 13.6. The number of oxime groups is 1. The number of rotatable bonds is 2. The minimum Gasteiger partial charge on any atom is -0.478 e. The topological polar surface area (TPSA) is 58.9 Å². The minimum absolute atomic E-state index is 0.0374. The van der Waals surface area contributed by atoms with Crippen LogP contribution in [0.15, 0.2) is 27.8 Å². The van der Waals surface area contributed by atoms with Crippen molar-refractivity contribution in [1.29, 1.82) is 0 Å². The molecule has 0 saturated heterocycles. The van der Waals surface area contributed by atoms with Crippen LogP contribution in [0.25, 0.3) is 0 Å². The van der Waals surface area contributed by atoms with Gasteiger partial charge in [0.2, 0.25) is 5.60 Å². The Morgan fingerprint density at radius 3 is 2.94 bits per heavy atom. The van der Waals surface area contributed by atoms with Crippen LogP contribution in [-0.2, 0) is 9.63 Å². The van der Waals surface area contributed by atoms with Crippen molar-refractivity contribution in [1.82, 2.24) is 0 Å². The van der Waals surface area contributed by atoms with E-state index in [0.29, 0.717) is 10.2 Å². The van der Waals surface area contributed by atoms with Gasteiger partial charge in [0, 0.05) is 16.5 Å². The van der Waals surface area contributed by atoms with Crippen LogP contribution in [0.1, 0.15) is 18.9 Å². The number of carboxylic acids is 1. The van der Waals surface area contributed by atoms with Gasteiger partial charge >= 0.3 is 5.97 Å². The Kier molecular flexibility index (Phi) is 2.91. The number of nitrogens with zero attached hydrogens (tertiary/aromatic N) is 1. The number of carbonyl (C=O) groups is 1. The van der Waals surface area contributed by atoms with E-state index in [-0.39, 0.29) is 12.0 Å². The van der Waals surface area contributed by atoms with Gasteiger partial charge in [-0.15, -0.1) is 0 Å². The van der Waals surface area contributed by atoms with E-state index in [0.717, 1.165) is 0 Å². The molecule has 17 heavy (non-hydrogen) atoms. The average molecular weight is 302 g/mol. The Morgan fingerprint density at radius 1 is 1.65 bits per heavy atom. The van der Waals surface area contributed by atoms with Crippen LogP contribution in [0.5, 0.6) is 0 Å². The average Bonchev–Trinajstić information content (AvgIpc) is 2.66. The monoisotopic (exact) mass is 301 g/mol. The molecule has 1 atom stereocenters. The standard InChI is InChI=1S/C11H9BrFNO3/c1-11(10(15)16)5-9(14-17-11)7-4-6(12)2-3-8(7)13/h2-4H,5H2,1H3,(H,15,16)/t11-/m1/s1. The third-order valence-corrected chi connectivity index (χ3v) is 3.05. The molecule has 2 rings (SSSR count). The number of hydrogen-bond donors (Lipinski definition) is 1. The van der Waals surface area contributed by atoms with Gasteiger partial charge in [0.1, 0.15) is 5.82 Å². The molecule has 0 saturated carbocycles. The highest BCUT2D eigenvalue weighted by Crippen LogP contribution is 2.28. The summed E-state index contributed by atoms with van der Waals surface area (Å²) < 4.78 is 14.3. The first-order valence-electron chi connectivity index (χ1n) is 4.86. The van der Waals surface area contributed by atoms with Crippen molar-refractivity contribution in [3.8, 4) is 0 Å². The quantitative estimate of drug-likeness (QED) is 0.913. The molecule has 1 aliphatic rings. The van der Waals surface area contributed by atoms with E-state index in [4.69, 9.17) is 9.94 Å². The van der Waals surface area contributed by atoms with Crippen molar-refractivity contribution in [2.45, 2.75) is 18.9 Å². The molecule has 6 heteroatoms. The van der Waals surface area contributed by atoms with Gasteiger partial charge in [-0.2, -0.15) is 0 Å². The molecule has 4 nitrogen and oxygen atoms in total. The molecule has 1 aromatic rings. The van der Waals surface area contributed by atoms with Gasteiger partial charge in [0.15, 0.2) is 0 Å². The number of hydrogen-bond acceptors (Lipinski definition) is 3. The number of aliphatic carboxylic acids is 1. The maximum Gasteiger partial charge on any atom is 0.351 e. The van der Waals surface area contributed by atoms with Crippen LogP contribution in [0.4, 0.5) is 4.39 Å². The molecular formula is C11H9BrFNO3. The Hall–Kier alpha value is -1.43. The lowest BCUT2D eigenvalue weighted by Gasteiger charge is -2.14. The first-order chi connectivity index (χ1) is 7.92. The second kappa shape index (κ2) is 4.10. The number of carboxylic acid groups (broad SMARTS) is 1. The second-order valence-corrected chi connectivity index (χ2v) is 4.88. The Labute approximate surface area is 105 Å². The summed E-state index contributed by atoms with van der Waals surface area (Å²) >= 11 is 3.22. The third kappa shape index (κ3) is 2.17. The third-order valence-electron chi connectivity index (χ3n) is 2.55. The second-order valence-electron chi connectivity index (χ2n) is 3.97. The molecule has 90 valence electrons. The summed E-state index contributed by atoms with van der Waals surface area (Å²) in [4.78, 5) is 15.8. The van der Waals surface area contributed by atoms with Gasteiger partial charge in [0.25, 0.3) is 0 Å². The smallest absolute Gasteiger partial charge is 0.351 e. The molecule has 0 amide bonds. The molecule has 0 bridgehead atoms. The van der Waals surface area contributed by atoms with E-state index < -0.39 is 17.4 Å². The molecule has 0 aliphatic carbocycles. The lowest BCUT2D eigenvalue weighted by molar-refractivity contribution is -0.160. The zero-order chi connectivity index (χ0) is 12.6. The van der Waals surface area contributed by atoms with E-state index in [1.54, 1.807) is 12.1 Å². The fourth-order valence-corrected chi connectivity index (χ4v) is 1.88. The number of benzene rings is 1. The molecule has 1 heterocycles. The molecule has 0 unspecified atom stereocenters. The Balaban J connectivity index is 2.32. The zero-order valence-corrected chi connectivity index (χ0v) is 10.5. The molecular weight excluding hydrogens is 293 g/mol. The molecule has 0 fully saturated rings. The maximum atomic E-state index is 13.6. The van der Waals surface area contributed by atoms with E-state index in [9.17, 15) is 9.18 Å². The van der Waals surface area contributed by atoms with Gasteiger partial charge in [-0.1, -0.05) is 21.1 Å². The highest BCUT2D eigenvalue weighted by Gasteiger charge is 2.42. The van der Waals surface area contributed by atoms with Gasteiger partial charge < -0.3 is 9.94 Å². The first-order valence-corrected chi connectivity index (χ1v) is 5.65. The van der Waals surface area contributed by atoms with Crippen LogP contribution in [-0.4, -0.2) is 22.4 Å². The van der Waals surface area contributed by atoms with Crippen molar-refractivity contribution >= 4 is 27.6 Å². The highest BCUT2D eigenvalue weighted by atomic mass is 79.9. The molecule has 0 radical (unpaired) electrons. The zero-order valence-electron chi connectivity index (χ0n) is 8.91. The molecule has 0 aromatic heterocycles. The first kappa shape index (κ1) is 12.0. The number of halogens is 2. The van der Waals surface area contributed by atoms with Gasteiger partial charge in [0.05, 0.1) is 5.71 Å². The van der Waals surface area contributed by atoms with Crippen molar-refractivity contribution in [3.63, 3.8) is 0 Å². The summed E-state index contributed by atoms with van der Waals surface area (Å²) in [5, 5.41) is 12.6. The summed E-state index contributed by atoms with van der Waals surface area (Å²) in [7, 11) is 0. The van der Waals surface area contributed by atoms with Gasteiger partial charge in [-0.3, -0.25) is 0 Å². The molecule has 1 aliphatic heterocycles. The summed E-state index contributed by atoms with van der Waals surface area (Å²) in [6.07, 6.45) is 0.0374. The molecule has 0 spiro atoms. The van der Waals surface area contributed by atoms with Gasteiger partial charge in [-0.25, -0.2) is 9.18 Å². The normalized spacial score (nSPS) is 23.1. The van der Waals surface area contributed by atoms with Gasteiger partial charge in [-0.05, 0) is 25.1 Å². The highest BCUT2D eigenvalue weighted by molar-refractivity contribution is 9.10. The Morgan fingerprint density at radius 2 is 2.35 bits per heavy atom. The van der Waals surface area contributed by atoms with Crippen LogP contribution in [0.3, 0.4) is 0 Å². The van der Waals surface area contributed by atoms with E-state index in [1.165, 1.54) is 13.0 Å². The lowest BCUT2D eigenvalue weighted by atomic mass is 9.96. The van der Waals surface area contributed by atoms with Crippen LogP contribution in [0.2, 0.25) is 0 Å². The Bertz CT molecular complexity index is 517. The van der Waals surface area contributed by atoms with Crippen molar-refractivity contribution < 1.29 is 19.1 Å². The lowest BCUT2D eigenvalue weighted by Crippen LogP contribution is -2.35. The summed E-state index contributed by atoms with van der Waals surface area (Å²) in [5.41, 5.74) is -0.859. The van der Waals surface area contributed by atoms with Crippen LogP contribution in [0, 0.1) is 5.82 Å². The predicted octanol–water partition coefficient (Wildman–Crippen LogP) is 2.56. The summed E-state index contributed by atoms with van der Waals surface area (Å²) in [6.45, 7) is 1.40. The molecule has 1 N–H and O–H groups in total. The minimum atomic E-state index is -1.41. The van der Waals surface area contributed by atoms with Crippen molar-refractivity contribution in [2.24, 2.45) is 5.16 Å². The predicted molar refractivity (Wildman–Crippen MR) is 62.4 cm³/mol. The van der Waals surface area contributed by atoms with Crippen molar-refractivity contribution in [2.75, 3.05) is 0 Å². The van der Waals surface area contributed by atoms with Crippen molar-refractivity contribution in [3.05, 3.63) is 34.1 Å². The molecule has 1 aromatic carbocycles. The SMILES string of the molecule is C[C@]1(C(=O)O)CC(c2cc(Br)ccc2F)=NO1. The van der Waals surface area contributed by atoms with Crippen LogP contribution < -0.4 is 0 Å².